The zero-order valence-electron chi connectivity index (χ0n) is 15.5. The molecule has 0 bridgehead atoms. The average molecular weight is 389 g/mol. The molecule has 27 heavy (non-hydrogen) atoms. The molecule has 0 unspecified atom stereocenters. The van der Waals surface area contributed by atoms with E-state index in [1.165, 1.54) is 6.92 Å². The van der Waals surface area contributed by atoms with Crippen LogP contribution in [0.1, 0.15) is 28.4 Å². The van der Waals surface area contributed by atoms with Gasteiger partial charge in [0.25, 0.3) is 5.91 Å². The number of halogens is 1. The fraction of sp³-hybridized carbons (Fsp3) is 0.300. The second kappa shape index (κ2) is 7.88. The Morgan fingerprint density at radius 3 is 2.59 bits per heavy atom. The molecule has 0 saturated heterocycles. The van der Waals surface area contributed by atoms with E-state index in [1.54, 1.807) is 23.1 Å². The monoisotopic (exact) mass is 388 g/mol. The largest absolute Gasteiger partial charge is 0.454 e. The maximum Gasteiger partial charge on any atom is 0.251 e. The van der Waals surface area contributed by atoms with Crippen LogP contribution in [0.5, 0.6) is 11.5 Å². The molecular formula is C20H21ClN2O4. The summed E-state index contributed by atoms with van der Waals surface area (Å²) >= 11 is 6.36. The fourth-order valence-electron chi connectivity index (χ4n) is 3.10. The molecule has 7 heteroatoms. The first-order valence-corrected chi connectivity index (χ1v) is 8.97. The smallest absolute Gasteiger partial charge is 0.251 e. The number of carbonyl (C=O) groups is 2. The Kier molecular flexibility index (Phi) is 5.56. The SMILES string of the molecule is CC(=O)N(CCNC(=O)c1ccc2c(c1)OCO2)c1c(C)cc(C)cc1Cl. The third-order valence-corrected chi connectivity index (χ3v) is 4.59. The summed E-state index contributed by atoms with van der Waals surface area (Å²) in [6, 6.07) is 8.82. The van der Waals surface area contributed by atoms with E-state index in [-0.39, 0.29) is 25.2 Å². The minimum Gasteiger partial charge on any atom is -0.454 e. The fourth-order valence-corrected chi connectivity index (χ4v) is 3.52. The number of hydrogen-bond acceptors (Lipinski definition) is 4. The summed E-state index contributed by atoms with van der Waals surface area (Å²) in [5, 5.41) is 3.34. The molecule has 1 aliphatic heterocycles. The number of carbonyl (C=O) groups excluding carboxylic acids is 2. The highest BCUT2D eigenvalue weighted by atomic mass is 35.5. The zero-order valence-corrected chi connectivity index (χ0v) is 16.2. The number of hydrogen-bond donors (Lipinski definition) is 1. The average Bonchev–Trinajstić information content (AvgIpc) is 3.06. The van der Waals surface area contributed by atoms with Crippen molar-refractivity contribution in [3.8, 4) is 11.5 Å². The van der Waals surface area contributed by atoms with Crippen LogP contribution in [-0.4, -0.2) is 31.7 Å². The van der Waals surface area contributed by atoms with Gasteiger partial charge in [-0.2, -0.15) is 0 Å². The molecule has 2 amide bonds. The number of nitrogens with one attached hydrogen (secondary N) is 1. The molecule has 0 aliphatic carbocycles. The van der Waals surface area contributed by atoms with E-state index in [9.17, 15) is 9.59 Å². The number of anilines is 1. The van der Waals surface area contributed by atoms with Crippen molar-refractivity contribution >= 4 is 29.1 Å². The number of benzene rings is 2. The van der Waals surface area contributed by atoms with Gasteiger partial charge in [0.05, 0.1) is 10.7 Å². The van der Waals surface area contributed by atoms with Crippen LogP contribution in [0.2, 0.25) is 5.02 Å². The zero-order chi connectivity index (χ0) is 19.6. The summed E-state index contributed by atoms with van der Waals surface area (Å²) in [6.45, 7) is 6.10. The summed E-state index contributed by atoms with van der Waals surface area (Å²) in [4.78, 5) is 26.1. The standard InChI is InChI=1S/C20H21ClN2O4/c1-12-8-13(2)19(16(21)9-12)23(14(3)24)7-6-22-20(25)15-4-5-17-18(10-15)27-11-26-17/h4-5,8-10H,6-7,11H2,1-3H3,(H,22,25). The predicted molar refractivity (Wildman–Crippen MR) is 104 cm³/mol. The lowest BCUT2D eigenvalue weighted by Crippen LogP contribution is -2.38. The van der Waals surface area contributed by atoms with Crippen molar-refractivity contribution in [3.63, 3.8) is 0 Å². The van der Waals surface area contributed by atoms with E-state index in [0.29, 0.717) is 34.3 Å². The molecule has 0 saturated carbocycles. The summed E-state index contributed by atoms with van der Waals surface area (Å²) in [7, 11) is 0. The Morgan fingerprint density at radius 1 is 1.15 bits per heavy atom. The molecule has 0 fully saturated rings. The number of amides is 2. The van der Waals surface area contributed by atoms with Crippen molar-refractivity contribution in [2.45, 2.75) is 20.8 Å². The van der Waals surface area contributed by atoms with Crippen molar-refractivity contribution in [1.29, 1.82) is 0 Å². The van der Waals surface area contributed by atoms with Crippen molar-refractivity contribution in [1.82, 2.24) is 5.32 Å². The second-order valence-corrected chi connectivity index (χ2v) is 6.81. The molecule has 3 rings (SSSR count). The Bertz CT molecular complexity index is 875. The minimum atomic E-state index is -0.247. The second-order valence-electron chi connectivity index (χ2n) is 6.41. The molecule has 2 aromatic carbocycles. The molecule has 142 valence electrons. The Labute approximate surface area is 163 Å². The molecule has 1 heterocycles. The number of aryl methyl sites for hydroxylation is 2. The van der Waals surface area contributed by atoms with Gasteiger partial charge >= 0.3 is 0 Å². The van der Waals surface area contributed by atoms with Crippen LogP contribution in [0.4, 0.5) is 5.69 Å². The summed E-state index contributed by atoms with van der Waals surface area (Å²) < 4.78 is 10.5. The number of nitrogens with zero attached hydrogens (tertiary/aromatic N) is 1. The van der Waals surface area contributed by atoms with Gasteiger partial charge in [-0.25, -0.2) is 0 Å². The van der Waals surface area contributed by atoms with Gasteiger partial charge in [0, 0.05) is 25.6 Å². The summed E-state index contributed by atoms with van der Waals surface area (Å²) in [5.74, 6) is 0.790. The third kappa shape index (κ3) is 4.17. The summed E-state index contributed by atoms with van der Waals surface area (Å²) in [5.41, 5.74) is 3.09. The highest BCUT2D eigenvalue weighted by Crippen LogP contribution is 2.33. The third-order valence-electron chi connectivity index (χ3n) is 4.30. The molecule has 1 N–H and O–H groups in total. The molecule has 1 aliphatic rings. The molecule has 0 atom stereocenters. The highest BCUT2D eigenvalue weighted by Gasteiger charge is 2.19. The van der Waals surface area contributed by atoms with Crippen molar-refractivity contribution in [2.75, 3.05) is 24.8 Å². The van der Waals surface area contributed by atoms with Gasteiger partial charge in [0.2, 0.25) is 12.7 Å². The maximum atomic E-state index is 12.4. The van der Waals surface area contributed by atoms with Crippen LogP contribution in [-0.2, 0) is 4.79 Å². The number of fused-ring (bicyclic) bond motifs is 1. The van der Waals surface area contributed by atoms with E-state index >= 15 is 0 Å². The first-order valence-electron chi connectivity index (χ1n) is 8.59. The van der Waals surface area contributed by atoms with E-state index < -0.39 is 0 Å². The lowest BCUT2D eigenvalue weighted by Gasteiger charge is -2.25. The van der Waals surface area contributed by atoms with Crippen LogP contribution in [0, 0.1) is 13.8 Å². The molecule has 2 aromatic rings. The van der Waals surface area contributed by atoms with Crippen molar-refractivity contribution < 1.29 is 19.1 Å². The molecule has 0 spiro atoms. The van der Waals surface area contributed by atoms with Crippen molar-refractivity contribution in [2.24, 2.45) is 0 Å². The van der Waals surface area contributed by atoms with Gasteiger partial charge < -0.3 is 19.7 Å². The van der Waals surface area contributed by atoms with Crippen LogP contribution >= 0.6 is 11.6 Å². The quantitative estimate of drug-likeness (QED) is 0.851. The highest BCUT2D eigenvalue weighted by molar-refractivity contribution is 6.34. The Balaban J connectivity index is 1.67. The van der Waals surface area contributed by atoms with Gasteiger partial charge in [0.1, 0.15) is 0 Å². The topological polar surface area (TPSA) is 67.9 Å². The van der Waals surface area contributed by atoms with Crippen LogP contribution < -0.4 is 19.7 Å². The first kappa shape index (κ1) is 19.0. The Morgan fingerprint density at radius 2 is 1.89 bits per heavy atom. The van der Waals surface area contributed by atoms with Gasteiger partial charge in [0.15, 0.2) is 11.5 Å². The minimum absolute atomic E-state index is 0.138. The lowest BCUT2D eigenvalue weighted by atomic mass is 10.1. The Hall–Kier alpha value is -2.73. The van der Waals surface area contributed by atoms with Crippen LogP contribution in [0.3, 0.4) is 0 Å². The van der Waals surface area contributed by atoms with Crippen molar-refractivity contribution in [3.05, 3.63) is 52.0 Å². The van der Waals surface area contributed by atoms with E-state index in [0.717, 1.165) is 11.1 Å². The van der Waals surface area contributed by atoms with Gasteiger partial charge in [-0.15, -0.1) is 0 Å². The predicted octanol–water partition coefficient (Wildman–Crippen LogP) is 3.47. The van der Waals surface area contributed by atoms with Crippen LogP contribution in [0.25, 0.3) is 0 Å². The van der Waals surface area contributed by atoms with Crippen LogP contribution in [0.15, 0.2) is 30.3 Å². The van der Waals surface area contributed by atoms with E-state index in [4.69, 9.17) is 21.1 Å². The maximum absolute atomic E-state index is 12.4. The molecule has 0 aromatic heterocycles. The molecule has 6 nitrogen and oxygen atoms in total. The van der Waals surface area contributed by atoms with Gasteiger partial charge in [-0.3, -0.25) is 9.59 Å². The van der Waals surface area contributed by atoms with Gasteiger partial charge in [-0.05, 0) is 49.2 Å². The normalized spacial score (nSPS) is 12.0. The van der Waals surface area contributed by atoms with Gasteiger partial charge in [-0.1, -0.05) is 17.7 Å². The molecule has 0 radical (unpaired) electrons. The van der Waals surface area contributed by atoms with E-state index in [1.807, 2.05) is 26.0 Å². The number of rotatable bonds is 5. The summed E-state index contributed by atoms with van der Waals surface area (Å²) in [6.07, 6.45) is 0. The first-order chi connectivity index (χ1) is 12.9. The lowest BCUT2D eigenvalue weighted by molar-refractivity contribution is -0.116. The molecular weight excluding hydrogens is 368 g/mol. The van der Waals surface area contributed by atoms with E-state index in [2.05, 4.69) is 5.32 Å². The number of ether oxygens (including phenoxy) is 2.